The Morgan fingerprint density at radius 3 is 2.63 bits per heavy atom. The van der Waals surface area contributed by atoms with Gasteiger partial charge in [-0.15, -0.1) is 0 Å². The largest absolute Gasteiger partial charge is 0.315 e. The Labute approximate surface area is 120 Å². The van der Waals surface area contributed by atoms with Crippen molar-refractivity contribution < 1.29 is 8.42 Å². The molecule has 0 heterocycles. The van der Waals surface area contributed by atoms with Crippen molar-refractivity contribution in [2.24, 2.45) is 0 Å². The minimum Gasteiger partial charge on any atom is -0.315 e. The second kappa shape index (κ2) is 7.12. The molecule has 0 fully saturated rings. The van der Waals surface area contributed by atoms with Gasteiger partial charge in [0.15, 0.2) is 0 Å². The number of rotatable bonds is 7. The number of aryl methyl sites for hydroxylation is 1. The molecule has 2 N–H and O–H groups in total. The fraction of sp³-hybridized carbons (Fsp3) is 0.538. The third kappa shape index (κ3) is 5.01. The lowest BCUT2D eigenvalue weighted by Crippen LogP contribution is -2.35. The SMILES string of the molecule is CCCNCC(C)S(=O)(=O)Nc1ccc(C)cc1Cl. The zero-order valence-corrected chi connectivity index (χ0v) is 13.1. The summed E-state index contributed by atoms with van der Waals surface area (Å²) in [7, 11) is -3.43. The van der Waals surface area contributed by atoms with Crippen molar-refractivity contribution in [1.29, 1.82) is 0 Å². The van der Waals surface area contributed by atoms with Gasteiger partial charge in [0.05, 0.1) is 16.0 Å². The maximum Gasteiger partial charge on any atom is 0.236 e. The van der Waals surface area contributed by atoms with E-state index in [1.54, 1.807) is 19.1 Å². The molecular formula is C13H21ClN2O2S. The van der Waals surface area contributed by atoms with Crippen molar-refractivity contribution in [3.05, 3.63) is 28.8 Å². The van der Waals surface area contributed by atoms with Crippen LogP contribution in [0.15, 0.2) is 18.2 Å². The van der Waals surface area contributed by atoms with Gasteiger partial charge in [0, 0.05) is 6.54 Å². The average Bonchev–Trinajstić information content (AvgIpc) is 2.33. The van der Waals surface area contributed by atoms with E-state index in [0.29, 0.717) is 17.3 Å². The van der Waals surface area contributed by atoms with Crippen LogP contribution < -0.4 is 10.0 Å². The normalized spacial score (nSPS) is 13.3. The van der Waals surface area contributed by atoms with Crippen LogP contribution in [0, 0.1) is 6.92 Å². The van der Waals surface area contributed by atoms with Crippen molar-refractivity contribution in [3.8, 4) is 0 Å². The maximum absolute atomic E-state index is 12.1. The predicted molar refractivity (Wildman–Crippen MR) is 81.4 cm³/mol. The highest BCUT2D eigenvalue weighted by Crippen LogP contribution is 2.24. The van der Waals surface area contributed by atoms with Crippen LogP contribution in [-0.2, 0) is 10.0 Å². The second-order valence-electron chi connectivity index (χ2n) is 4.65. The molecule has 1 unspecified atom stereocenters. The molecule has 1 rings (SSSR count). The number of hydrogen-bond donors (Lipinski definition) is 2. The first-order valence-corrected chi connectivity index (χ1v) is 8.27. The molecule has 1 aromatic rings. The highest BCUT2D eigenvalue weighted by atomic mass is 35.5. The van der Waals surface area contributed by atoms with Crippen LogP contribution >= 0.6 is 11.6 Å². The number of halogens is 1. The Hall–Kier alpha value is -0.780. The van der Waals surface area contributed by atoms with Gasteiger partial charge >= 0.3 is 0 Å². The summed E-state index contributed by atoms with van der Waals surface area (Å²) in [6, 6.07) is 5.24. The Bertz CT molecular complexity index is 517. The molecule has 0 aromatic heterocycles. The average molecular weight is 305 g/mol. The molecule has 1 aromatic carbocycles. The lowest BCUT2D eigenvalue weighted by Gasteiger charge is -2.16. The van der Waals surface area contributed by atoms with Gasteiger partial charge < -0.3 is 5.32 Å². The van der Waals surface area contributed by atoms with Gasteiger partial charge in [-0.2, -0.15) is 0 Å². The predicted octanol–water partition coefficient (Wildman–Crippen LogP) is 2.78. The van der Waals surface area contributed by atoms with Crippen LogP contribution in [0.5, 0.6) is 0 Å². The van der Waals surface area contributed by atoms with E-state index in [2.05, 4.69) is 10.0 Å². The van der Waals surface area contributed by atoms with Gasteiger partial charge in [0.25, 0.3) is 0 Å². The quantitative estimate of drug-likeness (QED) is 0.762. The van der Waals surface area contributed by atoms with Crippen molar-refractivity contribution in [2.75, 3.05) is 17.8 Å². The monoisotopic (exact) mass is 304 g/mol. The molecule has 6 heteroatoms. The minimum atomic E-state index is -3.43. The van der Waals surface area contributed by atoms with Crippen molar-refractivity contribution in [3.63, 3.8) is 0 Å². The zero-order valence-electron chi connectivity index (χ0n) is 11.5. The van der Waals surface area contributed by atoms with Crippen molar-refractivity contribution >= 4 is 27.3 Å². The van der Waals surface area contributed by atoms with Crippen LogP contribution in [0.4, 0.5) is 5.69 Å². The van der Waals surface area contributed by atoms with Gasteiger partial charge in [0.2, 0.25) is 10.0 Å². The molecule has 0 saturated heterocycles. The standard InChI is InChI=1S/C13H21ClN2O2S/c1-4-7-15-9-11(3)19(17,18)16-13-6-5-10(2)8-12(13)14/h5-6,8,11,15-16H,4,7,9H2,1-3H3. The number of sulfonamides is 1. The fourth-order valence-electron chi connectivity index (χ4n) is 1.55. The zero-order chi connectivity index (χ0) is 14.5. The number of hydrogen-bond acceptors (Lipinski definition) is 3. The molecular weight excluding hydrogens is 284 g/mol. The second-order valence-corrected chi connectivity index (χ2v) is 7.15. The molecule has 0 spiro atoms. The highest BCUT2D eigenvalue weighted by molar-refractivity contribution is 7.93. The van der Waals surface area contributed by atoms with E-state index in [-0.39, 0.29) is 0 Å². The molecule has 0 aliphatic rings. The molecule has 0 aliphatic carbocycles. The van der Waals surface area contributed by atoms with Crippen molar-refractivity contribution in [1.82, 2.24) is 5.32 Å². The number of benzene rings is 1. The van der Waals surface area contributed by atoms with E-state index in [1.165, 1.54) is 0 Å². The molecule has 19 heavy (non-hydrogen) atoms. The molecule has 0 saturated carbocycles. The summed E-state index contributed by atoms with van der Waals surface area (Å²) in [6.45, 7) is 6.85. The van der Waals surface area contributed by atoms with Crippen LogP contribution in [0.2, 0.25) is 5.02 Å². The van der Waals surface area contributed by atoms with Gasteiger partial charge in [-0.1, -0.05) is 24.6 Å². The van der Waals surface area contributed by atoms with E-state index in [9.17, 15) is 8.42 Å². The van der Waals surface area contributed by atoms with E-state index >= 15 is 0 Å². The lowest BCUT2D eigenvalue weighted by atomic mass is 10.2. The highest BCUT2D eigenvalue weighted by Gasteiger charge is 2.21. The molecule has 1 atom stereocenters. The van der Waals surface area contributed by atoms with E-state index in [4.69, 9.17) is 11.6 Å². The first kappa shape index (κ1) is 16.3. The minimum absolute atomic E-state index is 0.414. The Morgan fingerprint density at radius 2 is 2.05 bits per heavy atom. The van der Waals surface area contributed by atoms with Crippen LogP contribution in [0.3, 0.4) is 0 Å². The van der Waals surface area contributed by atoms with Gasteiger partial charge in [-0.05, 0) is 44.5 Å². The summed E-state index contributed by atoms with van der Waals surface area (Å²) in [6.07, 6.45) is 0.976. The van der Waals surface area contributed by atoms with E-state index < -0.39 is 15.3 Å². The lowest BCUT2D eigenvalue weighted by molar-refractivity contribution is 0.576. The van der Waals surface area contributed by atoms with Crippen LogP contribution in [0.1, 0.15) is 25.8 Å². The van der Waals surface area contributed by atoms with E-state index in [0.717, 1.165) is 18.5 Å². The summed E-state index contributed by atoms with van der Waals surface area (Å²) in [5, 5.41) is 3.00. The topological polar surface area (TPSA) is 58.2 Å². The molecule has 0 amide bonds. The number of anilines is 1. The molecule has 4 nitrogen and oxygen atoms in total. The van der Waals surface area contributed by atoms with Gasteiger partial charge in [-0.25, -0.2) is 8.42 Å². The van der Waals surface area contributed by atoms with Crippen LogP contribution in [-0.4, -0.2) is 26.8 Å². The smallest absolute Gasteiger partial charge is 0.236 e. The number of nitrogens with one attached hydrogen (secondary N) is 2. The molecule has 0 aliphatic heterocycles. The summed E-state index contributed by atoms with van der Waals surface area (Å²) >= 11 is 6.02. The summed E-state index contributed by atoms with van der Waals surface area (Å²) in [5.41, 5.74) is 1.42. The van der Waals surface area contributed by atoms with Crippen LogP contribution in [0.25, 0.3) is 0 Å². The molecule has 0 bridgehead atoms. The maximum atomic E-state index is 12.1. The fourth-order valence-corrected chi connectivity index (χ4v) is 2.91. The third-order valence-electron chi connectivity index (χ3n) is 2.77. The summed E-state index contributed by atoms with van der Waals surface area (Å²) in [4.78, 5) is 0. The first-order valence-electron chi connectivity index (χ1n) is 6.35. The van der Waals surface area contributed by atoms with Gasteiger partial charge in [0.1, 0.15) is 0 Å². The summed E-state index contributed by atoms with van der Waals surface area (Å²) in [5.74, 6) is 0. The molecule has 108 valence electrons. The Kier molecular flexibility index (Phi) is 6.10. The van der Waals surface area contributed by atoms with E-state index in [1.807, 2.05) is 19.9 Å². The summed E-state index contributed by atoms with van der Waals surface area (Å²) < 4.78 is 26.8. The van der Waals surface area contributed by atoms with Gasteiger partial charge in [-0.3, -0.25) is 4.72 Å². The van der Waals surface area contributed by atoms with Crippen molar-refractivity contribution in [2.45, 2.75) is 32.4 Å². The molecule has 0 radical (unpaired) electrons. The Balaban J connectivity index is 2.73. The first-order chi connectivity index (χ1) is 8.86. The third-order valence-corrected chi connectivity index (χ3v) is 4.81. The Morgan fingerprint density at radius 1 is 1.37 bits per heavy atom.